The van der Waals surface area contributed by atoms with E-state index in [4.69, 9.17) is 4.74 Å². The molecule has 164 valence electrons. The molecule has 0 aliphatic carbocycles. The first-order valence-electron chi connectivity index (χ1n) is 10.1. The molecule has 1 fully saturated rings. The molecule has 1 aliphatic heterocycles. The van der Waals surface area contributed by atoms with E-state index in [-0.39, 0.29) is 22.8 Å². The van der Waals surface area contributed by atoms with Gasteiger partial charge in [0.05, 0.1) is 18.2 Å². The highest BCUT2D eigenvalue weighted by atomic mass is 32.1. The van der Waals surface area contributed by atoms with Gasteiger partial charge in [-0.3, -0.25) is 14.5 Å². The minimum Gasteiger partial charge on any atom is -0.507 e. The van der Waals surface area contributed by atoms with Crippen molar-refractivity contribution in [3.63, 3.8) is 0 Å². The molecule has 7 nitrogen and oxygen atoms in total. The first kappa shape index (κ1) is 21.6. The zero-order valence-corrected chi connectivity index (χ0v) is 18.6. The predicted octanol–water partition coefficient (Wildman–Crippen LogP) is 4.49. The second-order valence-electron chi connectivity index (χ2n) is 7.46. The van der Waals surface area contributed by atoms with Gasteiger partial charge in [-0.2, -0.15) is 0 Å². The Hall–Kier alpha value is -3.65. The quantitative estimate of drug-likeness (QED) is 0.338. The van der Waals surface area contributed by atoms with Crippen LogP contribution >= 0.6 is 11.3 Å². The smallest absolute Gasteiger partial charge is 0.301 e. The van der Waals surface area contributed by atoms with Gasteiger partial charge in [0.2, 0.25) is 0 Å². The lowest BCUT2D eigenvalue weighted by molar-refractivity contribution is -0.132. The van der Waals surface area contributed by atoms with Crippen LogP contribution in [-0.2, 0) is 9.59 Å². The van der Waals surface area contributed by atoms with Crippen LogP contribution in [0.25, 0.3) is 5.76 Å². The van der Waals surface area contributed by atoms with Crippen LogP contribution in [0.5, 0.6) is 11.5 Å². The first-order valence-corrected chi connectivity index (χ1v) is 10.9. The fourth-order valence-corrected chi connectivity index (χ4v) is 4.46. The molecular weight excluding hydrogens is 428 g/mol. The number of thiazole rings is 1. The van der Waals surface area contributed by atoms with Gasteiger partial charge in [-0.15, -0.1) is 11.3 Å². The van der Waals surface area contributed by atoms with Crippen molar-refractivity contribution >= 4 is 33.9 Å². The number of aromatic nitrogens is 1. The molecule has 2 aromatic carbocycles. The van der Waals surface area contributed by atoms with Gasteiger partial charge in [0.1, 0.15) is 5.76 Å². The minimum absolute atomic E-state index is 0.0351. The van der Waals surface area contributed by atoms with Gasteiger partial charge in [0, 0.05) is 17.1 Å². The van der Waals surface area contributed by atoms with E-state index < -0.39 is 17.7 Å². The van der Waals surface area contributed by atoms with E-state index in [1.165, 1.54) is 22.3 Å². The summed E-state index contributed by atoms with van der Waals surface area (Å²) in [6.45, 7) is 5.82. The summed E-state index contributed by atoms with van der Waals surface area (Å²) < 4.78 is 5.50. The summed E-state index contributed by atoms with van der Waals surface area (Å²) in [5.41, 5.74) is 2.63. The summed E-state index contributed by atoms with van der Waals surface area (Å²) >= 11 is 1.21. The lowest BCUT2D eigenvalue weighted by atomic mass is 9.93. The molecule has 0 saturated carbocycles. The highest BCUT2D eigenvalue weighted by Gasteiger charge is 2.48. The zero-order valence-electron chi connectivity index (χ0n) is 17.8. The number of Topliss-reactive ketones (excluding diaryl/α,β-unsaturated/α-hetero) is 1. The number of aromatic hydroxyl groups is 1. The van der Waals surface area contributed by atoms with Crippen molar-refractivity contribution in [1.82, 2.24) is 4.98 Å². The van der Waals surface area contributed by atoms with Crippen molar-refractivity contribution in [2.24, 2.45) is 0 Å². The predicted molar refractivity (Wildman–Crippen MR) is 122 cm³/mol. The molecule has 0 bridgehead atoms. The average Bonchev–Trinajstić information content (AvgIpc) is 3.38. The largest absolute Gasteiger partial charge is 0.507 e. The van der Waals surface area contributed by atoms with Crippen molar-refractivity contribution in [3.05, 3.63) is 75.8 Å². The van der Waals surface area contributed by atoms with E-state index >= 15 is 0 Å². The normalized spacial score (nSPS) is 17.7. The van der Waals surface area contributed by atoms with Crippen LogP contribution in [0.3, 0.4) is 0 Å². The van der Waals surface area contributed by atoms with E-state index in [0.29, 0.717) is 22.9 Å². The number of amides is 1. The molecule has 2 heterocycles. The van der Waals surface area contributed by atoms with Crippen LogP contribution in [0, 0.1) is 13.8 Å². The highest BCUT2D eigenvalue weighted by Crippen LogP contribution is 2.44. The lowest BCUT2D eigenvalue weighted by Gasteiger charge is -2.23. The van der Waals surface area contributed by atoms with Gasteiger partial charge in [-0.05, 0) is 50.1 Å². The van der Waals surface area contributed by atoms with Crippen LogP contribution in [0.15, 0.2) is 53.5 Å². The fraction of sp³-hybridized carbons (Fsp3) is 0.208. The second-order valence-corrected chi connectivity index (χ2v) is 8.34. The SMILES string of the molecule is CCOc1cc(C2/C(=C(\O)c3cc(C)ccc3C)C(=O)C(=O)N2c2nccs2)ccc1O. The van der Waals surface area contributed by atoms with Crippen molar-refractivity contribution < 1.29 is 24.5 Å². The molecule has 1 saturated heterocycles. The monoisotopic (exact) mass is 450 g/mol. The van der Waals surface area contributed by atoms with E-state index in [9.17, 15) is 19.8 Å². The Bertz CT molecular complexity index is 1230. The number of nitrogens with zero attached hydrogens (tertiary/aromatic N) is 2. The van der Waals surface area contributed by atoms with E-state index in [0.717, 1.165) is 11.1 Å². The molecule has 3 aromatic rings. The highest BCUT2D eigenvalue weighted by molar-refractivity contribution is 7.14. The number of ketones is 1. The summed E-state index contributed by atoms with van der Waals surface area (Å²) in [4.78, 5) is 31.8. The molecular formula is C24H22N2O5S. The number of hydrogen-bond acceptors (Lipinski definition) is 7. The van der Waals surface area contributed by atoms with Gasteiger partial charge < -0.3 is 14.9 Å². The summed E-state index contributed by atoms with van der Waals surface area (Å²) in [5, 5.41) is 23.5. The molecule has 1 aromatic heterocycles. The van der Waals surface area contributed by atoms with E-state index in [1.54, 1.807) is 36.7 Å². The fourth-order valence-electron chi connectivity index (χ4n) is 3.79. The minimum atomic E-state index is -0.930. The number of phenols is 1. The summed E-state index contributed by atoms with van der Waals surface area (Å²) in [6.07, 6.45) is 1.55. The van der Waals surface area contributed by atoms with Crippen molar-refractivity contribution in [2.45, 2.75) is 26.8 Å². The molecule has 32 heavy (non-hydrogen) atoms. The summed E-state index contributed by atoms with van der Waals surface area (Å²) in [5.74, 6) is -1.66. The molecule has 8 heteroatoms. The van der Waals surface area contributed by atoms with Crippen molar-refractivity contribution in [1.29, 1.82) is 0 Å². The summed E-state index contributed by atoms with van der Waals surface area (Å²) in [7, 11) is 0. The maximum Gasteiger partial charge on any atom is 0.301 e. The van der Waals surface area contributed by atoms with Crippen LogP contribution < -0.4 is 9.64 Å². The molecule has 0 radical (unpaired) electrons. The number of hydrogen-bond donors (Lipinski definition) is 2. The molecule has 4 rings (SSSR count). The van der Waals surface area contributed by atoms with Gasteiger partial charge >= 0.3 is 5.91 Å². The standard InChI is InChI=1S/C24H22N2O5S/c1-4-31-18-12-15(7-8-17(18)27)20-19(21(28)16-11-13(2)5-6-14(16)3)22(29)23(30)26(20)24-25-9-10-32-24/h5-12,20,27-28H,4H2,1-3H3/b21-19+. The molecule has 2 N–H and O–H groups in total. The Labute approximate surface area is 189 Å². The first-order chi connectivity index (χ1) is 15.3. The van der Waals surface area contributed by atoms with Crippen LogP contribution in [0.2, 0.25) is 0 Å². The Morgan fingerprint density at radius 3 is 2.66 bits per heavy atom. The van der Waals surface area contributed by atoms with Gasteiger partial charge in [0.25, 0.3) is 5.78 Å². The topological polar surface area (TPSA) is 100.0 Å². The zero-order chi connectivity index (χ0) is 23.0. The number of aliphatic hydroxyl groups excluding tert-OH is 1. The van der Waals surface area contributed by atoms with Gasteiger partial charge in [-0.25, -0.2) is 4.98 Å². The Morgan fingerprint density at radius 2 is 1.97 bits per heavy atom. The summed E-state index contributed by atoms with van der Waals surface area (Å²) in [6, 6.07) is 9.23. The van der Waals surface area contributed by atoms with Crippen LogP contribution in [0.4, 0.5) is 5.13 Å². The molecule has 1 aliphatic rings. The third-order valence-corrected chi connectivity index (χ3v) is 6.09. The molecule has 0 spiro atoms. The Morgan fingerprint density at radius 1 is 1.19 bits per heavy atom. The number of phenolic OH excluding ortho intramolecular Hbond substituents is 1. The number of anilines is 1. The number of ether oxygens (including phenoxy) is 1. The number of aryl methyl sites for hydroxylation is 2. The van der Waals surface area contributed by atoms with Crippen molar-refractivity contribution in [2.75, 3.05) is 11.5 Å². The second kappa shape index (κ2) is 8.47. The number of rotatable bonds is 5. The maximum atomic E-state index is 13.2. The van der Waals surface area contributed by atoms with E-state index in [1.807, 2.05) is 26.0 Å². The van der Waals surface area contributed by atoms with Crippen molar-refractivity contribution in [3.8, 4) is 11.5 Å². The molecule has 1 atom stereocenters. The lowest BCUT2D eigenvalue weighted by Crippen LogP contribution is -2.29. The van der Waals surface area contributed by atoms with Gasteiger partial charge in [-0.1, -0.05) is 23.8 Å². The number of carbonyl (C=O) groups is 2. The third kappa shape index (κ3) is 3.62. The van der Waals surface area contributed by atoms with Gasteiger partial charge in [0.15, 0.2) is 16.6 Å². The molecule has 1 amide bonds. The number of aliphatic hydroxyl groups is 1. The van der Waals surface area contributed by atoms with E-state index in [2.05, 4.69) is 4.98 Å². The van der Waals surface area contributed by atoms with Crippen LogP contribution in [-0.4, -0.2) is 33.5 Å². The third-order valence-electron chi connectivity index (χ3n) is 5.32. The number of carbonyl (C=O) groups excluding carboxylic acids is 2. The number of benzene rings is 2. The maximum absolute atomic E-state index is 13.2. The average molecular weight is 451 g/mol. The Balaban J connectivity index is 1.98. The Kier molecular flexibility index (Phi) is 5.71. The van der Waals surface area contributed by atoms with Crippen LogP contribution in [0.1, 0.15) is 35.2 Å². The molecule has 1 unspecified atom stereocenters.